The number of carbonyl (C=O) groups is 1. The van der Waals surface area contributed by atoms with Crippen molar-refractivity contribution in [2.24, 2.45) is 0 Å². The van der Waals surface area contributed by atoms with Crippen LogP contribution in [0.25, 0.3) is 0 Å². The SMILES string of the molecule is CC(c1ccncc1)n1ccc(NC(=O)c2ccc3c(c2)OCO3)n1. The lowest BCUT2D eigenvalue weighted by Crippen LogP contribution is -2.13. The van der Waals surface area contributed by atoms with Crippen LogP contribution in [0.1, 0.15) is 28.9 Å². The highest BCUT2D eigenvalue weighted by molar-refractivity contribution is 6.04. The Balaban J connectivity index is 1.48. The number of ether oxygens (including phenoxy) is 2. The minimum Gasteiger partial charge on any atom is -0.454 e. The molecule has 0 radical (unpaired) electrons. The number of anilines is 1. The van der Waals surface area contributed by atoms with E-state index in [0.29, 0.717) is 22.9 Å². The lowest BCUT2D eigenvalue weighted by Gasteiger charge is -2.12. The lowest BCUT2D eigenvalue weighted by molar-refractivity contribution is 0.102. The minimum absolute atomic E-state index is 0.0409. The normalized spacial score (nSPS) is 13.5. The van der Waals surface area contributed by atoms with Crippen LogP contribution in [0.5, 0.6) is 11.5 Å². The lowest BCUT2D eigenvalue weighted by atomic mass is 10.1. The van der Waals surface area contributed by atoms with E-state index in [-0.39, 0.29) is 18.7 Å². The number of benzene rings is 1. The van der Waals surface area contributed by atoms with Crippen LogP contribution in [0.15, 0.2) is 55.0 Å². The number of hydrogen-bond acceptors (Lipinski definition) is 5. The molecule has 0 saturated carbocycles. The van der Waals surface area contributed by atoms with Gasteiger partial charge in [0.15, 0.2) is 17.3 Å². The standard InChI is InChI=1S/C18H16N4O3/c1-12(13-4-7-19-8-5-13)22-9-6-17(21-22)20-18(23)14-2-3-15-16(10-14)25-11-24-15/h2-10,12H,11H2,1H3,(H,20,21,23). The van der Waals surface area contributed by atoms with Crippen LogP contribution in [0.2, 0.25) is 0 Å². The van der Waals surface area contributed by atoms with Crippen molar-refractivity contribution in [1.29, 1.82) is 0 Å². The summed E-state index contributed by atoms with van der Waals surface area (Å²) in [6.07, 6.45) is 5.33. The molecular formula is C18H16N4O3. The Morgan fingerprint density at radius 2 is 1.96 bits per heavy atom. The fraction of sp³-hybridized carbons (Fsp3) is 0.167. The molecule has 1 N–H and O–H groups in total. The molecule has 1 unspecified atom stereocenters. The molecule has 7 nitrogen and oxygen atoms in total. The van der Waals surface area contributed by atoms with Gasteiger partial charge in [0, 0.05) is 30.2 Å². The number of amides is 1. The van der Waals surface area contributed by atoms with Crippen LogP contribution in [-0.4, -0.2) is 27.5 Å². The van der Waals surface area contributed by atoms with Gasteiger partial charge in [-0.1, -0.05) is 0 Å². The number of hydrogen-bond donors (Lipinski definition) is 1. The zero-order valence-corrected chi connectivity index (χ0v) is 13.5. The molecule has 1 amide bonds. The molecule has 0 bridgehead atoms. The Labute approximate surface area is 144 Å². The molecule has 1 aliphatic heterocycles. The number of pyridine rings is 1. The molecular weight excluding hydrogens is 320 g/mol. The maximum atomic E-state index is 12.4. The van der Waals surface area contributed by atoms with Crippen LogP contribution in [0.4, 0.5) is 5.82 Å². The fourth-order valence-electron chi connectivity index (χ4n) is 2.64. The molecule has 3 heterocycles. The van der Waals surface area contributed by atoms with Gasteiger partial charge in [-0.15, -0.1) is 0 Å². The second-order valence-corrected chi connectivity index (χ2v) is 5.66. The molecule has 0 aliphatic carbocycles. The highest BCUT2D eigenvalue weighted by atomic mass is 16.7. The molecule has 0 saturated heterocycles. The van der Waals surface area contributed by atoms with Crippen LogP contribution >= 0.6 is 0 Å². The first-order chi connectivity index (χ1) is 12.2. The van der Waals surface area contributed by atoms with Crippen LogP contribution < -0.4 is 14.8 Å². The minimum atomic E-state index is -0.250. The second kappa shape index (κ2) is 6.27. The summed E-state index contributed by atoms with van der Waals surface area (Å²) in [6.45, 7) is 2.21. The van der Waals surface area contributed by atoms with Crippen molar-refractivity contribution in [3.05, 3.63) is 66.1 Å². The number of nitrogens with one attached hydrogen (secondary N) is 1. The Bertz CT molecular complexity index is 908. The van der Waals surface area contributed by atoms with Gasteiger partial charge in [0.1, 0.15) is 0 Å². The fourth-order valence-corrected chi connectivity index (χ4v) is 2.64. The molecule has 1 atom stereocenters. The molecule has 2 aromatic heterocycles. The predicted octanol–water partition coefficient (Wildman–Crippen LogP) is 2.87. The Hall–Kier alpha value is -3.35. The summed E-state index contributed by atoms with van der Waals surface area (Å²) in [4.78, 5) is 16.4. The second-order valence-electron chi connectivity index (χ2n) is 5.66. The van der Waals surface area contributed by atoms with Gasteiger partial charge in [-0.3, -0.25) is 14.5 Å². The van der Waals surface area contributed by atoms with E-state index < -0.39 is 0 Å². The average molecular weight is 336 g/mol. The van der Waals surface area contributed by atoms with E-state index in [4.69, 9.17) is 9.47 Å². The quantitative estimate of drug-likeness (QED) is 0.792. The number of carbonyl (C=O) groups excluding carboxylic acids is 1. The van der Waals surface area contributed by atoms with Crippen molar-refractivity contribution in [3.8, 4) is 11.5 Å². The topological polar surface area (TPSA) is 78.3 Å². The van der Waals surface area contributed by atoms with Gasteiger partial charge >= 0.3 is 0 Å². The first-order valence-electron chi connectivity index (χ1n) is 7.87. The van der Waals surface area contributed by atoms with Crippen molar-refractivity contribution < 1.29 is 14.3 Å². The molecule has 4 rings (SSSR count). The number of rotatable bonds is 4. The van der Waals surface area contributed by atoms with Crippen LogP contribution in [-0.2, 0) is 0 Å². The van der Waals surface area contributed by atoms with E-state index in [9.17, 15) is 4.79 Å². The summed E-state index contributed by atoms with van der Waals surface area (Å²) in [5.74, 6) is 1.46. The third-order valence-electron chi connectivity index (χ3n) is 4.07. The van der Waals surface area contributed by atoms with E-state index in [0.717, 1.165) is 5.56 Å². The molecule has 0 spiro atoms. The molecule has 126 valence electrons. The molecule has 3 aromatic rings. The van der Waals surface area contributed by atoms with Crippen molar-refractivity contribution in [3.63, 3.8) is 0 Å². The first kappa shape index (κ1) is 15.2. The van der Waals surface area contributed by atoms with E-state index in [1.165, 1.54) is 0 Å². The highest BCUT2D eigenvalue weighted by Gasteiger charge is 2.17. The van der Waals surface area contributed by atoms with Crippen molar-refractivity contribution in [1.82, 2.24) is 14.8 Å². The summed E-state index contributed by atoms with van der Waals surface area (Å²) < 4.78 is 12.3. The van der Waals surface area contributed by atoms with E-state index >= 15 is 0 Å². The molecule has 1 aliphatic rings. The third kappa shape index (κ3) is 3.03. The maximum absolute atomic E-state index is 12.4. The maximum Gasteiger partial charge on any atom is 0.257 e. The molecule has 0 fully saturated rings. The summed E-state index contributed by atoms with van der Waals surface area (Å²) in [5.41, 5.74) is 1.58. The Morgan fingerprint density at radius 1 is 1.16 bits per heavy atom. The zero-order chi connectivity index (χ0) is 17.2. The van der Waals surface area contributed by atoms with E-state index in [2.05, 4.69) is 15.4 Å². The number of nitrogens with zero attached hydrogens (tertiary/aromatic N) is 3. The Kier molecular flexibility index (Phi) is 3.81. The average Bonchev–Trinajstić information content (AvgIpc) is 3.30. The summed E-state index contributed by atoms with van der Waals surface area (Å²) in [6, 6.07) is 10.8. The summed E-state index contributed by atoms with van der Waals surface area (Å²) in [7, 11) is 0. The van der Waals surface area contributed by atoms with Crippen molar-refractivity contribution >= 4 is 11.7 Å². The van der Waals surface area contributed by atoms with E-state index in [1.807, 2.05) is 25.3 Å². The van der Waals surface area contributed by atoms with Gasteiger partial charge in [0.25, 0.3) is 5.91 Å². The zero-order valence-electron chi connectivity index (χ0n) is 13.5. The number of aromatic nitrogens is 3. The summed E-state index contributed by atoms with van der Waals surface area (Å²) in [5, 5.41) is 7.23. The van der Waals surface area contributed by atoms with E-state index in [1.54, 1.807) is 41.3 Å². The monoisotopic (exact) mass is 336 g/mol. The molecule has 25 heavy (non-hydrogen) atoms. The van der Waals surface area contributed by atoms with Gasteiger partial charge in [0.2, 0.25) is 6.79 Å². The smallest absolute Gasteiger partial charge is 0.257 e. The highest BCUT2D eigenvalue weighted by Crippen LogP contribution is 2.32. The van der Waals surface area contributed by atoms with Crippen molar-refractivity contribution in [2.45, 2.75) is 13.0 Å². The molecule has 1 aromatic carbocycles. The van der Waals surface area contributed by atoms with Gasteiger partial charge in [0.05, 0.1) is 6.04 Å². The largest absolute Gasteiger partial charge is 0.454 e. The predicted molar refractivity (Wildman–Crippen MR) is 90.8 cm³/mol. The number of fused-ring (bicyclic) bond motifs is 1. The third-order valence-corrected chi connectivity index (χ3v) is 4.07. The summed E-state index contributed by atoms with van der Waals surface area (Å²) >= 11 is 0. The molecule has 7 heteroatoms. The van der Waals surface area contributed by atoms with Crippen LogP contribution in [0.3, 0.4) is 0 Å². The van der Waals surface area contributed by atoms with Gasteiger partial charge in [-0.25, -0.2) is 0 Å². The van der Waals surface area contributed by atoms with Crippen LogP contribution in [0, 0.1) is 0 Å². The van der Waals surface area contributed by atoms with Gasteiger partial charge in [-0.05, 0) is 42.8 Å². The first-order valence-corrected chi connectivity index (χ1v) is 7.87. The van der Waals surface area contributed by atoms with Gasteiger partial charge in [-0.2, -0.15) is 5.10 Å². The van der Waals surface area contributed by atoms with Gasteiger partial charge < -0.3 is 14.8 Å². The Morgan fingerprint density at radius 3 is 2.80 bits per heavy atom. The van der Waals surface area contributed by atoms with Crippen molar-refractivity contribution in [2.75, 3.05) is 12.1 Å².